The standard InChI is InChI=1S/C24H21F2N3O2/c25-20-5-1-2-6-22(20)28-12-14-29(15-13-28)24(30)10-8-18-7-9-23(21(26)16-18)31-19-4-3-11-27-17-19/h1-11,16-17H,12-15H2/b10-8+. The molecule has 0 bridgehead atoms. The molecule has 0 radical (unpaired) electrons. The number of amides is 1. The van der Waals surface area contributed by atoms with Gasteiger partial charge in [-0.25, -0.2) is 8.78 Å². The van der Waals surface area contributed by atoms with Crippen molar-refractivity contribution in [3.05, 3.63) is 90.3 Å². The lowest BCUT2D eigenvalue weighted by atomic mass is 10.2. The second-order valence-electron chi connectivity index (χ2n) is 7.08. The van der Waals surface area contributed by atoms with Gasteiger partial charge in [-0.2, -0.15) is 0 Å². The first kappa shape index (κ1) is 20.5. The van der Waals surface area contributed by atoms with E-state index in [4.69, 9.17) is 4.74 Å². The number of piperazine rings is 1. The molecule has 0 unspecified atom stereocenters. The Morgan fingerprint density at radius 1 is 0.968 bits per heavy atom. The van der Waals surface area contributed by atoms with Gasteiger partial charge in [0.2, 0.25) is 5.91 Å². The molecule has 0 aliphatic carbocycles. The van der Waals surface area contributed by atoms with Crippen molar-refractivity contribution in [1.29, 1.82) is 0 Å². The number of carbonyl (C=O) groups excluding carboxylic acids is 1. The summed E-state index contributed by atoms with van der Waals surface area (Å²) in [4.78, 5) is 20.0. The first-order valence-electron chi connectivity index (χ1n) is 9.94. The minimum atomic E-state index is -0.531. The normalized spacial score (nSPS) is 14.1. The summed E-state index contributed by atoms with van der Waals surface area (Å²) in [5, 5.41) is 0. The number of hydrogen-bond donors (Lipinski definition) is 0. The third-order valence-corrected chi connectivity index (χ3v) is 5.02. The molecule has 1 aliphatic rings. The number of rotatable bonds is 5. The van der Waals surface area contributed by atoms with E-state index in [1.807, 2.05) is 4.90 Å². The maximum Gasteiger partial charge on any atom is 0.246 e. The minimum Gasteiger partial charge on any atom is -0.453 e. The number of anilines is 1. The fourth-order valence-corrected chi connectivity index (χ4v) is 3.39. The molecule has 1 saturated heterocycles. The Hall–Kier alpha value is -3.74. The zero-order valence-electron chi connectivity index (χ0n) is 16.7. The molecule has 31 heavy (non-hydrogen) atoms. The molecule has 158 valence electrons. The molecular formula is C24H21F2N3O2. The number of halogens is 2. The monoisotopic (exact) mass is 421 g/mol. The fourth-order valence-electron chi connectivity index (χ4n) is 3.39. The molecule has 0 atom stereocenters. The predicted molar refractivity (Wildman–Crippen MR) is 115 cm³/mol. The Kier molecular flexibility index (Phi) is 6.21. The average Bonchev–Trinajstić information content (AvgIpc) is 2.80. The molecule has 0 N–H and O–H groups in total. The first-order valence-corrected chi connectivity index (χ1v) is 9.94. The average molecular weight is 421 g/mol. The van der Waals surface area contributed by atoms with Crippen molar-refractivity contribution >= 4 is 17.7 Å². The van der Waals surface area contributed by atoms with Gasteiger partial charge >= 0.3 is 0 Å². The number of ether oxygens (including phenoxy) is 1. The molecule has 2 heterocycles. The van der Waals surface area contributed by atoms with Gasteiger partial charge in [-0.15, -0.1) is 0 Å². The highest BCUT2D eigenvalue weighted by Gasteiger charge is 2.21. The minimum absolute atomic E-state index is 0.0840. The SMILES string of the molecule is O=C(/C=C/c1ccc(Oc2cccnc2)c(F)c1)N1CCN(c2ccccc2F)CC1. The summed E-state index contributed by atoms with van der Waals surface area (Å²) in [6, 6.07) is 14.5. The second-order valence-corrected chi connectivity index (χ2v) is 7.08. The number of benzene rings is 2. The van der Waals surface area contributed by atoms with Crippen LogP contribution in [0.5, 0.6) is 11.5 Å². The molecule has 0 spiro atoms. The number of pyridine rings is 1. The molecule has 5 nitrogen and oxygen atoms in total. The van der Waals surface area contributed by atoms with Gasteiger partial charge in [0, 0.05) is 38.5 Å². The largest absolute Gasteiger partial charge is 0.453 e. The van der Waals surface area contributed by atoms with Crippen LogP contribution in [0.2, 0.25) is 0 Å². The van der Waals surface area contributed by atoms with Crippen molar-refractivity contribution in [2.45, 2.75) is 0 Å². The van der Waals surface area contributed by atoms with E-state index < -0.39 is 5.82 Å². The van der Waals surface area contributed by atoms with Crippen LogP contribution in [0, 0.1) is 11.6 Å². The highest BCUT2D eigenvalue weighted by molar-refractivity contribution is 5.92. The molecule has 2 aromatic carbocycles. The topological polar surface area (TPSA) is 45.7 Å². The number of hydrogen-bond acceptors (Lipinski definition) is 4. The van der Waals surface area contributed by atoms with Crippen LogP contribution in [0.1, 0.15) is 5.56 Å². The summed E-state index contributed by atoms with van der Waals surface area (Å²) in [5.74, 6) is -0.434. The van der Waals surface area contributed by atoms with Crippen molar-refractivity contribution in [2.75, 3.05) is 31.1 Å². The van der Waals surface area contributed by atoms with E-state index in [0.29, 0.717) is 43.2 Å². The Morgan fingerprint density at radius 2 is 1.77 bits per heavy atom. The van der Waals surface area contributed by atoms with Crippen LogP contribution in [-0.2, 0) is 4.79 Å². The van der Waals surface area contributed by atoms with Gasteiger partial charge in [-0.1, -0.05) is 18.2 Å². The van der Waals surface area contributed by atoms with Gasteiger partial charge in [-0.3, -0.25) is 9.78 Å². The van der Waals surface area contributed by atoms with Gasteiger partial charge in [0.25, 0.3) is 0 Å². The highest BCUT2D eigenvalue weighted by atomic mass is 19.1. The lowest BCUT2D eigenvalue weighted by Gasteiger charge is -2.35. The summed E-state index contributed by atoms with van der Waals surface area (Å²) >= 11 is 0. The molecule has 1 fully saturated rings. The third-order valence-electron chi connectivity index (χ3n) is 5.02. The Morgan fingerprint density at radius 3 is 2.48 bits per heavy atom. The first-order chi connectivity index (χ1) is 15.1. The highest BCUT2D eigenvalue weighted by Crippen LogP contribution is 2.25. The predicted octanol–water partition coefficient (Wildman–Crippen LogP) is 4.51. The number of para-hydroxylation sites is 1. The zero-order chi connectivity index (χ0) is 21.6. The molecule has 3 aromatic rings. The van der Waals surface area contributed by atoms with Crippen molar-refractivity contribution in [3.8, 4) is 11.5 Å². The van der Waals surface area contributed by atoms with E-state index in [0.717, 1.165) is 0 Å². The fraction of sp³-hybridized carbons (Fsp3) is 0.167. The maximum atomic E-state index is 14.3. The summed E-state index contributed by atoms with van der Waals surface area (Å²) < 4.78 is 33.8. The number of aromatic nitrogens is 1. The van der Waals surface area contributed by atoms with Gasteiger partial charge in [0.1, 0.15) is 11.6 Å². The van der Waals surface area contributed by atoms with Crippen LogP contribution in [-0.4, -0.2) is 42.0 Å². The van der Waals surface area contributed by atoms with Crippen LogP contribution >= 0.6 is 0 Å². The van der Waals surface area contributed by atoms with Crippen LogP contribution in [0.4, 0.5) is 14.5 Å². The van der Waals surface area contributed by atoms with E-state index >= 15 is 0 Å². The Labute approximate surface area is 179 Å². The van der Waals surface area contributed by atoms with Crippen molar-refractivity contribution in [3.63, 3.8) is 0 Å². The molecule has 4 rings (SSSR count). The van der Waals surface area contributed by atoms with Crippen LogP contribution < -0.4 is 9.64 Å². The van der Waals surface area contributed by atoms with Crippen molar-refractivity contribution in [2.24, 2.45) is 0 Å². The molecular weight excluding hydrogens is 400 g/mol. The number of nitrogens with zero attached hydrogens (tertiary/aromatic N) is 3. The van der Waals surface area contributed by atoms with Gasteiger partial charge < -0.3 is 14.5 Å². The van der Waals surface area contributed by atoms with Gasteiger partial charge in [0.15, 0.2) is 11.6 Å². The number of carbonyl (C=O) groups is 1. The quantitative estimate of drug-likeness (QED) is 0.569. The molecule has 1 aromatic heterocycles. The van der Waals surface area contributed by atoms with Crippen LogP contribution in [0.15, 0.2) is 73.1 Å². The van der Waals surface area contributed by atoms with E-state index in [1.54, 1.807) is 53.6 Å². The maximum absolute atomic E-state index is 14.3. The molecule has 1 amide bonds. The smallest absolute Gasteiger partial charge is 0.246 e. The summed E-state index contributed by atoms with van der Waals surface area (Å²) in [6.45, 7) is 2.08. The van der Waals surface area contributed by atoms with E-state index in [-0.39, 0.29) is 17.5 Å². The molecule has 0 saturated carbocycles. The lowest BCUT2D eigenvalue weighted by Crippen LogP contribution is -2.48. The van der Waals surface area contributed by atoms with E-state index in [9.17, 15) is 13.6 Å². The van der Waals surface area contributed by atoms with E-state index in [2.05, 4.69) is 4.98 Å². The second kappa shape index (κ2) is 9.38. The summed E-state index contributed by atoms with van der Waals surface area (Å²) in [5.41, 5.74) is 1.10. The van der Waals surface area contributed by atoms with Crippen molar-refractivity contribution < 1.29 is 18.3 Å². The van der Waals surface area contributed by atoms with Gasteiger partial charge in [0.05, 0.1) is 11.9 Å². The van der Waals surface area contributed by atoms with Crippen LogP contribution in [0.25, 0.3) is 6.08 Å². The zero-order valence-corrected chi connectivity index (χ0v) is 16.7. The summed E-state index contributed by atoms with van der Waals surface area (Å²) in [7, 11) is 0. The Bertz CT molecular complexity index is 1080. The van der Waals surface area contributed by atoms with Crippen LogP contribution in [0.3, 0.4) is 0 Å². The van der Waals surface area contributed by atoms with E-state index in [1.165, 1.54) is 30.5 Å². The molecule has 7 heteroatoms. The Balaban J connectivity index is 1.34. The molecule has 1 aliphatic heterocycles. The van der Waals surface area contributed by atoms with Gasteiger partial charge in [-0.05, 0) is 48.0 Å². The third kappa shape index (κ3) is 5.06. The lowest BCUT2D eigenvalue weighted by molar-refractivity contribution is -0.126. The van der Waals surface area contributed by atoms with Crippen molar-refractivity contribution in [1.82, 2.24) is 9.88 Å². The summed E-state index contributed by atoms with van der Waals surface area (Å²) in [6.07, 6.45) is 6.10.